The maximum atomic E-state index is 13.5. The van der Waals surface area contributed by atoms with Gasteiger partial charge in [-0.15, -0.1) is 11.3 Å². The summed E-state index contributed by atoms with van der Waals surface area (Å²) in [5.41, 5.74) is 1.07. The zero-order valence-electron chi connectivity index (χ0n) is 21.6. The first kappa shape index (κ1) is 26.8. The lowest BCUT2D eigenvalue weighted by molar-refractivity contribution is -0.137. The predicted octanol–water partition coefficient (Wildman–Crippen LogP) is 7.20. The molecule has 6 nitrogen and oxygen atoms in total. The molecule has 0 unspecified atom stereocenters. The van der Waals surface area contributed by atoms with Gasteiger partial charge in [-0.25, -0.2) is 4.98 Å². The molecular formula is C31H24F3N3O3S. The molecule has 2 aromatic heterocycles. The van der Waals surface area contributed by atoms with Gasteiger partial charge in [0.25, 0.3) is 11.8 Å². The lowest BCUT2D eigenvalue weighted by Gasteiger charge is -2.31. The fourth-order valence-corrected chi connectivity index (χ4v) is 6.22. The van der Waals surface area contributed by atoms with E-state index in [9.17, 15) is 27.9 Å². The number of carbonyl (C=O) groups is 2. The number of hydrogen-bond donors (Lipinski definition) is 1. The molecule has 0 radical (unpaired) electrons. The van der Waals surface area contributed by atoms with Crippen LogP contribution in [0.25, 0.3) is 21.9 Å². The Bertz CT molecular complexity index is 1750. The smallest absolute Gasteiger partial charge is 0.416 e. The van der Waals surface area contributed by atoms with Gasteiger partial charge in [0, 0.05) is 46.9 Å². The highest BCUT2D eigenvalue weighted by Gasteiger charge is 2.31. The van der Waals surface area contributed by atoms with Crippen molar-refractivity contribution in [3.05, 3.63) is 106 Å². The third-order valence-corrected chi connectivity index (χ3v) is 8.48. The van der Waals surface area contributed by atoms with Crippen LogP contribution in [0.5, 0.6) is 5.88 Å². The highest BCUT2D eigenvalue weighted by Crippen LogP contribution is 2.35. The van der Waals surface area contributed by atoms with Crippen LogP contribution in [0.3, 0.4) is 0 Å². The number of rotatable bonds is 4. The number of likely N-dealkylation sites (tertiary alicyclic amines) is 1. The summed E-state index contributed by atoms with van der Waals surface area (Å²) in [5.74, 6) is -0.630. The predicted molar refractivity (Wildman–Crippen MR) is 150 cm³/mol. The van der Waals surface area contributed by atoms with Crippen LogP contribution in [-0.2, 0) is 6.18 Å². The lowest BCUT2D eigenvalue weighted by Crippen LogP contribution is -2.38. The van der Waals surface area contributed by atoms with Gasteiger partial charge in [0.2, 0.25) is 5.88 Å². The minimum absolute atomic E-state index is 0.0769. The number of halogens is 3. The summed E-state index contributed by atoms with van der Waals surface area (Å²) < 4.78 is 40.2. The first-order valence-electron chi connectivity index (χ1n) is 13.1. The van der Waals surface area contributed by atoms with Crippen LogP contribution < -0.4 is 0 Å². The van der Waals surface area contributed by atoms with Crippen molar-refractivity contribution in [1.29, 1.82) is 0 Å². The third-order valence-electron chi connectivity index (χ3n) is 7.47. The Morgan fingerprint density at radius 1 is 0.902 bits per heavy atom. The fraction of sp³-hybridized carbons (Fsp3) is 0.194. The molecule has 1 N–H and O–H groups in total. The van der Waals surface area contributed by atoms with Crippen molar-refractivity contribution in [3.63, 3.8) is 0 Å². The molecule has 1 aliphatic rings. The van der Waals surface area contributed by atoms with Crippen LogP contribution in [0.1, 0.15) is 50.2 Å². The number of aromatic hydroxyl groups is 1. The average molecular weight is 576 g/mol. The van der Waals surface area contributed by atoms with Crippen molar-refractivity contribution < 1.29 is 27.9 Å². The standard InChI is InChI=1S/C31H24F3N3O3S/c32-31(33,34)22-11-9-19(10-12-22)23-6-3-4-8-25(23)28(38)36-15-13-20(14-16-36)27-35-26(18-41-27)30(40)37-17-21-5-1-2-7-24(21)29(37)39/h1-12,17-18,20,39H,13-16H2. The van der Waals surface area contributed by atoms with Gasteiger partial charge in [0.05, 0.1) is 10.6 Å². The van der Waals surface area contributed by atoms with Crippen LogP contribution in [-0.4, -0.2) is 44.5 Å². The molecule has 0 aliphatic carbocycles. The van der Waals surface area contributed by atoms with Crippen LogP contribution >= 0.6 is 11.3 Å². The maximum Gasteiger partial charge on any atom is 0.416 e. The van der Waals surface area contributed by atoms with E-state index in [1.54, 1.807) is 52.9 Å². The molecule has 5 aromatic rings. The number of nitrogens with zero attached hydrogens (tertiary/aromatic N) is 3. The number of hydrogen-bond acceptors (Lipinski definition) is 5. The molecule has 0 spiro atoms. The zero-order valence-corrected chi connectivity index (χ0v) is 22.5. The summed E-state index contributed by atoms with van der Waals surface area (Å²) in [6.45, 7) is 0.967. The Labute approximate surface area is 237 Å². The number of piperidine rings is 1. The minimum Gasteiger partial charge on any atom is -0.494 e. The van der Waals surface area contributed by atoms with Crippen molar-refractivity contribution in [2.24, 2.45) is 0 Å². The van der Waals surface area contributed by atoms with E-state index in [2.05, 4.69) is 4.98 Å². The van der Waals surface area contributed by atoms with E-state index in [1.165, 1.54) is 28.0 Å². The Morgan fingerprint density at radius 3 is 2.29 bits per heavy atom. The molecule has 10 heteroatoms. The SMILES string of the molecule is O=C(c1ccccc1-c1ccc(C(F)(F)F)cc1)N1CCC(c2nc(C(=O)n3cc4ccccc4c3O)cs2)CC1. The van der Waals surface area contributed by atoms with E-state index in [0.29, 0.717) is 48.0 Å². The van der Waals surface area contributed by atoms with Crippen molar-refractivity contribution >= 4 is 33.9 Å². The topological polar surface area (TPSA) is 75.4 Å². The number of fused-ring (bicyclic) bond motifs is 1. The number of aromatic nitrogens is 2. The molecule has 6 rings (SSSR count). The number of thiazole rings is 1. The van der Waals surface area contributed by atoms with E-state index in [-0.39, 0.29) is 23.4 Å². The number of alkyl halides is 3. The largest absolute Gasteiger partial charge is 0.494 e. The van der Waals surface area contributed by atoms with Gasteiger partial charge in [0.15, 0.2) is 0 Å². The normalized spacial score (nSPS) is 14.5. The molecule has 3 aromatic carbocycles. The van der Waals surface area contributed by atoms with Crippen molar-refractivity contribution in [3.8, 4) is 17.0 Å². The summed E-state index contributed by atoms with van der Waals surface area (Å²) in [6, 6.07) is 19.0. The second kappa shape index (κ2) is 10.5. The fourth-order valence-electron chi connectivity index (χ4n) is 5.25. The second-order valence-corrected chi connectivity index (χ2v) is 10.9. The van der Waals surface area contributed by atoms with Crippen molar-refractivity contribution in [1.82, 2.24) is 14.5 Å². The quantitative estimate of drug-likeness (QED) is 0.246. The molecule has 0 atom stereocenters. The van der Waals surface area contributed by atoms with E-state index in [0.717, 1.165) is 22.5 Å². The first-order chi connectivity index (χ1) is 19.7. The van der Waals surface area contributed by atoms with Gasteiger partial charge >= 0.3 is 6.18 Å². The summed E-state index contributed by atoms with van der Waals surface area (Å²) in [4.78, 5) is 32.9. The van der Waals surface area contributed by atoms with Gasteiger partial charge in [-0.2, -0.15) is 13.2 Å². The number of carbonyl (C=O) groups excluding carboxylic acids is 2. The van der Waals surface area contributed by atoms with Gasteiger partial charge in [-0.3, -0.25) is 14.2 Å². The van der Waals surface area contributed by atoms with Gasteiger partial charge in [0.1, 0.15) is 5.69 Å². The summed E-state index contributed by atoms with van der Waals surface area (Å²) in [5, 5.41) is 14.4. The highest BCUT2D eigenvalue weighted by atomic mass is 32.1. The molecule has 1 aliphatic heterocycles. The van der Waals surface area contributed by atoms with E-state index >= 15 is 0 Å². The molecule has 41 heavy (non-hydrogen) atoms. The summed E-state index contributed by atoms with van der Waals surface area (Å²) in [6.07, 6.45) is -1.51. The zero-order chi connectivity index (χ0) is 28.7. The Morgan fingerprint density at radius 2 is 1.59 bits per heavy atom. The number of benzene rings is 3. The van der Waals surface area contributed by atoms with Crippen LogP contribution in [0, 0.1) is 0 Å². The van der Waals surface area contributed by atoms with Gasteiger partial charge in [-0.05, 0) is 48.2 Å². The molecular weight excluding hydrogens is 551 g/mol. The molecule has 208 valence electrons. The molecule has 0 saturated carbocycles. The van der Waals surface area contributed by atoms with Crippen molar-refractivity contribution in [2.45, 2.75) is 24.9 Å². The lowest BCUT2D eigenvalue weighted by atomic mass is 9.94. The second-order valence-electron chi connectivity index (χ2n) is 9.97. The highest BCUT2D eigenvalue weighted by molar-refractivity contribution is 7.09. The van der Waals surface area contributed by atoms with E-state index < -0.39 is 17.6 Å². The third kappa shape index (κ3) is 5.11. The maximum absolute atomic E-state index is 13.5. The minimum atomic E-state index is -4.43. The van der Waals surface area contributed by atoms with Gasteiger partial charge < -0.3 is 10.0 Å². The van der Waals surface area contributed by atoms with E-state index in [4.69, 9.17) is 0 Å². The van der Waals surface area contributed by atoms with Crippen LogP contribution in [0.4, 0.5) is 13.2 Å². The number of amides is 1. The molecule has 0 bridgehead atoms. The summed E-state index contributed by atoms with van der Waals surface area (Å²) >= 11 is 1.39. The van der Waals surface area contributed by atoms with E-state index in [1.807, 2.05) is 12.1 Å². The van der Waals surface area contributed by atoms with Crippen LogP contribution in [0.2, 0.25) is 0 Å². The Kier molecular flexibility index (Phi) is 6.86. The van der Waals surface area contributed by atoms with Gasteiger partial charge in [-0.1, -0.05) is 48.5 Å². The molecule has 3 heterocycles. The van der Waals surface area contributed by atoms with Crippen molar-refractivity contribution in [2.75, 3.05) is 13.1 Å². The molecule has 1 saturated heterocycles. The average Bonchev–Trinajstić information content (AvgIpc) is 3.62. The summed E-state index contributed by atoms with van der Waals surface area (Å²) in [7, 11) is 0. The first-order valence-corrected chi connectivity index (χ1v) is 13.9. The molecule has 1 fully saturated rings. The Hall–Kier alpha value is -4.44. The molecule has 1 amide bonds. The monoisotopic (exact) mass is 575 g/mol. The van der Waals surface area contributed by atoms with Crippen LogP contribution in [0.15, 0.2) is 84.4 Å². The Balaban J connectivity index is 1.14.